The van der Waals surface area contributed by atoms with Crippen LogP contribution in [0.2, 0.25) is 0 Å². The van der Waals surface area contributed by atoms with Gasteiger partial charge in [0.2, 0.25) is 10.0 Å². The molecule has 0 amide bonds. The number of nitrogens with zero attached hydrogens (tertiary/aromatic N) is 1. The second-order valence-corrected chi connectivity index (χ2v) is 6.63. The molecule has 1 heterocycles. The van der Waals surface area contributed by atoms with Crippen LogP contribution in [-0.2, 0) is 21.4 Å². The Labute approximate surface area is 113 Å². The standard InChI is InChI=1S/C12H20N2O4S/c1-9(18-2)6-13-19(16,17)12-5-11(8-15)14(7-12)10-3-4-10/h5,7,9-10,13,15H,3-4,6,8H2,1-2H3. The van der Waals surface area contributed by atoms with E-state index in [0.717, 1.165) is 12.8 Å². The fourth-order valence-electron chi connectivity index (χ4n) is 1.86. The number of methoxy groups -OCH3 is 1. The molecule has 7 heteroatoms. The Kier molecular flexibility index (Phi) is 4.29. The molecule has 6 nitrogen and oxygen atoms in total. The van der Waals surface area contributed by atoms with Gasteiger partial charge in [0.15, 0.2) is 0 Å². The lowest BCUT2D eigenvalue weighted by molar-refractivity contribution is 0.122. The molecule has 1 unspecified atom stereocenters. The average Bonchev–Trinajstić information content (AvgIpc) is 3.14. The summed E-state index contributed by atoms with van der Waals surface area (Å²) in [5.41, 5.74) is 0.641. The normalized spacial score (nSPS) is 17.6. The maximum atomic E-state index is 12.1. The van der Waals surface area contributed by atoms with Gasteiger partial charge in [-0.2, -0.15) is 0 Å². The quantitative estimate of drug-likeness (QED) is 0.771. The van der Waals surface area contributed by atoms with Gasteiger partial charge in [0.05, 0.1) is 17.6 Å². The lowest BCUT2D eigenvalue weighted by atomic mass is 10.4. The summed E-state index contributed by atoms with van der Waals surface area (Å²) >= 11 is 0. The van der Waals surface area contributed by atoms with Gasteiger partial charge in [-0.25, -0.2) is 13.1 Å². The zero-order valence-electron chi connectivity index (χ0n) is 11.2. The van der Waals surface area contributed by atoms with E-state index in [9.17, 15) is 13.5 Å². The number of aromatic nitrogens is 1. The molecule has 0 saturated heterocycles. The Morgan fingerprint density at radius 2 is 2.26 bits per heavy atom. The van der Waals surface area contributed by atoms with Crippen molar-refractivity contribution in [2.45, 2.75) is 43.4 Å². The highest BCUT2D eigenvalue weighted by Gasteiger charge is 2.28. The van der Waals surface area contributed by atoms with Crippen LogP contribution in [0.4, 0.5) is 0 Å². The molecule has 1 fully saturated rings. The van der Waals surface area contributed by atoms with Gasteiger partial charge in [-0.3, -0.25) is 0 Å². The molecule has 108 valence electrons. The molecule has 0 aliphatic heterocycles. The van der Waals surface area contributed by atoms with Crippen molar-refractivity contribution in [3.05, 3.63) is 18.0 Å². The molecule has 0 bridgehead atoms. The van der Waals surface area contributed by atoms with Gasteiger partial charge in [-0.15, -0.1) is 0 Å². The number of aliphatic hydroxyl groups excluding tert-OH is 1. The molecule has 1 aromatic rings. The summed E-state index contributed by atoms with van der Waals surface area (Å²) in [4.78, 5) is 0.201. The Balaban J connectivity index is 2.15. The van der Waals surface area contributed by atoms with Crippen LogP contribution in [0.25, 0.3) is 0 Å². The summed E-state index contributed by atoms with van der Waals surface area (Å²) in [7, 11) is -2.01. The van der Waals surface area contributed by atoms with E-state index in [0.29, 0.717) is 11.7 Å². The molecule has 19 heavy (non-hydrogen) atoms. The van der Waals surface area contributed by atoms with Gasteiger partial charge in [0.1, 0.15) is 0 Å². The fraction of sp³-hybridized carbons (Fsp3) is 0.667. The number of ether oxygens (including phenoxy) is 1. The Hall–Kier alpha value is -0.890. The van der Waals surface area contributed by atoms with Crippen LogP contribution in [0.5, 0.6) is 0 Å². The van der Waals surface area contributed by atoms with Gasteiger partial charge in [0.25, 0.3) is 0 Å². The minimum absolute atomic E-state index is 0.152. The monoisotopic (exact) mass is 288 g/mol. The van der Waals surface area contributed by atoms with Gasteiger partial charge in [-0.1, -0.05) is 0 Å². The Morgan fingerprint density at radius 1 is 1.58 bits per heavy atom. The molecule has 0 radical (unpaired) electrons. The van der Waals surface area contributed by atoms with Gasteiger partial charge < -0.3 is 14.4 Å². The molecular formula is C12H20N2O4S. The average molecular weight is 288 g/mol. The maximum absolute atomic E-state index is 12.1. The maximum Gasteiger partial charge on any atom is 0.242 e. The molecule has 2 N–H and O–H groups in total. The molecule has 1 atom stereocenters. The third kappa shape index (κ3) is 3.36. The molecular weight excluding hydrogens is 268 g/mol. The van der Waals surface area contributed by atoms with Crippen LogP contribution in [0, 0.1) is 0 Å². The summed E-state index contributed by atoms with van der Waals surface area (Å²) in [5, 5.41) is 9.27. The van der Waals surface area contributed by atoms with Gasteiger partial charge >= 0.3 is 0 Å². The van der Waals surface area contributed by atoms with E-state index in [-0.39, 0.29) is 24.2 Å². The number of sulfonamides is 1. The van der Waals surface area contributed by atoms with Crippen molar-refractivity contribution in [2.75, 3.05) is 13.7 Å². The van der Waals surface area contributed by atoms with E-state index in [2.05, 4.69) is 4.72 Å². The van der Waals surface area contributed by atoms with Crippen molar-refractivity contribution in [2.24, 2.45) is 0 Å². The largest absolute Gasteiger partial charge is 0.390 e. The van der Waals surface area contributed by atoms with E-state index in [1.165, 1.54) is 13.2 Å². The Morgan fingerprint density at radius 3 is 2.79 bits per heavy atom. The van der Waals surface area contributed by atoms with Crippen molar-refractivity contribution in [1.82, 2.24) is 9.29 Å². The number of nitrogens with one attached hydrogen (secondary N) is 1. The van der Waals surface area contributed by atoms with Gasteiger partial charge in [-0.05, 0) is 25.8 Å². The zero-order chi connectivity index (χ0) is 14.0. The number of hydrogen-bond acceptors (Lipinski definition) is 4. The van der Waals surface area contributed by atoms with Crippen molar-refractivity contribution in [1.29, 1.82) is 0 Å². The van der Waals surface area contributed by atoms with E-state index in [1.54, 1.807) is 13.1 Å². The number of rotatable bonds is 7. The molecule has 0 aromatic carbocycles. The lowest BCUT2D eigenvalue weighted by Gasteiger charge is -2.10. The van der Waals surface area contributed by atoms with Crippen molar-refractivity contribution < 1.29 is 18.3 Å². The van der Waals surface area contributed by atoms with E-state index in [4.69, 9.17) is 4.74 Å². The molecule has 1 aliphatic carbocycles. The highest BCUT2D eigenvalue weighted by molar-refractivity contribution is 7.89. The lowest BCUT2D eigenvalue weighted by Crippen LogP contribution is -2.31. The van der Waals surface area contributed by atoms with Crippen molar-refractivity contribution in [3.63, 3.8) is 0 Å². The molecule has 0 spiro atoms. The van der Waals surface area contributed by atoms with Crippen LogP contribution in [0.3, 0.4) is 0 Å². The summed E-state index contributed by atoms with van der Waals surface area (Å²) in [5.74, 6) is 0. The fourth-order valence-corrected chi connectivity index (χ4v) is 3.02. The first-order valence-corrected chi connectivity index (χ1v) is 7.80. The molecule has 1 aliphatic rings. The molecule has 1 aromatic heterocycles. The number of hydrogen-bond donors (Lipinski definition) is 2. The van der Waals surface area contributed by atoms with E-state index < -0.39 is 10.0 Å². The summed E-state index contributed by atoms with van der Waals surface area (Å²) in [6.07, 6.45) is 3.49. The highest BCUT2D eigenvalue weighted by Crippen LogP contribution is 2.37. The van der Waals surface area contributed by atoms with Crippen molar-refractivity contribution >= 4 is 10.0 Å². The number of aliphatic hydroxyl groups is 1. The molecule has 2 rings (SSSR count). The minimum Gasteiger partial charge on any atom is -0.390 e. The van der Waals surface area contributed by atoms with Crippen LogP contribution in [0.1, 0.15) is 31.5 Å². The van der Waals surface area contributed by atoms with Crippen LogP contribution in [0.15, 0.2) is 17.2 Å². The first-order chi connectivity index (χ1) is 8.97. The summed E-state index contributed by atoms with van der Waals surface area (Å²) in [6.45, 7) is 1.86. The summed E-state index contributed by atoms with van der Waals surface area (Å²) in [6, 6.07) is 1.86. The molecule has 1 saturated carbocycles. The third-order valence-electron chi connectivity index (χ3n) is 3.28. The SMILES string of the molecule is COC(C)CNS(=O)(=O)c1cc(CO)n(C2CC2)c1. The predicted molar refractivity (Wildman–Crippen MR) is 70.3 cm³/mol. The van der Waals surface area contributed by atoms with Gasteiger partial charge in [0, 0.05) is 31.6 Å². The zero-order valence-corrected chi connectivity index (χ0v) is 12.0. The second kappa shape index (κ2) is 5.62. The van der Waals surface area contributed by atoms with Crippen LogP contribution < -0.4 is 4.72 Å². The smallest absolute Gasteiger partial charge is 0.242 e. The van der Waals surface area contributed by atoms with E-state index in [1.807, 2.05) is 4.57 Å². The third-order valence-corrected chi connectivity index (χ3v) is 4.67. The van der Waals surface area contributed by atoms with Crippen LogP contribution >= 0.6 is 0 Å². The highest BCUT2D eigenvalue weighted by atomic mass is 32.2. The second-order valence-electron chi connectivity index (χ2n) is 4.86. The van der Waals surface area contributed by atoms with E-state index >= 15 is 0 Å². The first-order valence-electron chi connectivity index (χ1n) is 6.32. The van der Waals surface area contributed by atoms with Crippen LogP contribution in [-0.4, -0.2) is 37.8 Å². The minimum atomic E-state index is -3.54. The Bertz CT molecular complexity index is 534. The first kappa shape index (κ1) is 14.5. The van der Waals surface area contributed by atoms with Crippen molar-refractivity contribution in [3.8, 4) is 0 Å². The predicted octanol–water partition coefficient (Wildman–Crippen LogP) is 0.628. The summed E-state index contributed by atoms with van der Waals surface area (Å²) < 4.78 is 33.6. The topological polar surface area (TPSA) is 80.6 Å².